The van der Waals surface area contributed by atoms with Crippen LogP contribution in [0.5, 0.6) is 0 Å². The number of hydrogen-bond acceptors (Lipinski definition) is 2. The van der Waals surface area contributed by atoms with Crippen LogP contribution in [0.4, 0.5) is 10.1 Å². The van der Waals surface area contributed by atoms with E-state index < -0.39 is 11.8 Å². The molecule has 0 bridgehead atoms. The Labute approximate surface area is 101 Å². The van der Waals surface area contributed by atoms with E-state index >= 15 is 0 Å². The predicted molar refractivity (Wildman–Crippen MR) is 61.7 cm³/mol. The molecule has 0 saturated heterocycles. The van der Waals surface area contributed by atoms with Crippen molar-refractivity contribution >= 4 is 34.9 Å². The van der Waals surface area contributed by atoms with E-state index in [-0.39, 0.29) is 16.6 Å². The lowest BCUT2D eigenvalue weighted by Crippen LogP contribution is -2.01. The highest BCUT2D eigenvalue weighted by Crippen LogP contribution is 2.31. The largest absolute Gasteiger partial charge is 0.478 e. The number of carboxylic acid groups (broad SMARTS) is 1. The van der Waals surface area contributed by atoms with Gasteiger partial charge >= 0.3 is 5.97 Å². The van der Waals surface area contributed by atoms with Crippen molar-refractivity contribution in [3.8, 4) is 0 Å². The first kappa shape index (κ1) is 12.8. The lowest BCUT2D eigenvalue weighted by molar-refractivity contribution is -0.131. The first-order valence-electron chi connectivity index (χ1n) is 4.28. The summed E-state index contributed by atoms with van der Waals surface area (Å²) in [5, 5.41) is 11.4. The number of carbonyl (C=O) groups is 1. The minimum Gasteiger partial charge on any atom is -0.478 e. The highest BCUT2D eigenvalue weighted by Gasteiger charge is 2.06. The molecule has 0 aliphatic heterocycles. The van der Waals surface area contributed by atoms with Crippen molar-refractivity contribution in [1.82, 2.24) is 0 Å². The quantitative estimate of drug-likeness (QED) is 0.821. The van der Waals surface area contributed by atoms with Crippen molar-refractivity contribution < 1.29 is 14.3 Å². The van der Waals surface area contributed by atoms with Crippen molar-refractivity contribution in [2.45, 2.75) is 0 Å². The zero-order valence-electron chi connectivity index (χ0n) is 8.01. The van der Waals surface area contributed by atoms with E-state index in [1.54, 1.807) is 0 Å². The highest BCUT2D eigenvalue weighted by molar-refractivity contribution is 6.39. The Morgan fingerprint density at radius 2 is 2.00 bits per heavy atom. The van der Waals surface area contributed by atoms with Gasteiger partial charge < -0.3 is 10.4 Å². The number of nitrogens with one attached hydrogen (secondary N) is 1. The molecular weight excluding hydrogens is 256 g/mol. The van der Waals surface area contributed by atoms with E-state index in [0.29, 0.717) is 5.69 Å². The molecule has 0 radical (unpaired) electrons. The molecule has 86 valence electrons. The van der Waals surface area contributed by atoms with Crippen LogP contribution in [0.3, 0.4) is 0 Å². The minimum atomic E-state index is -1.04. The molecule has 3 nitrogen and oxygen atoms in total. The second-order valence-electron chi connectivity index (χ2n) is 2.87. The topological polar surface area (TPSA) is 49.3 Å². The molecule has 16 heavy (non-hydrogen) atoms. The highest BCUT2D eigenvalue weighted by atomic mass is 35.5. The number of halogens is 3. The third kappa shape index (κ3) is 3.72. The smallest absolute Gasteiger partial charge is 0.328 e. The number of aliphatic carboxylic acids is 1. The molecule has 0 aliphatic rings. The van der Waals surface area contributed by atoms with Crippen LogP contribution in [0.2, 0.25) is 10.0 Å². The number of rotatable bonds is 4. The van der Waals surface area contributed by atoms with Crippen molar-refractivity contribution in [2.75, 3.05) is 11.9 Å². The standard InChI is InChI=1S/C10H8Cl2FNO2/c11-7-4-6(13)5-8(12)10(7)14-3-1-2-9(15)16/h1-2,4-5,14H,3H2,(H,15,16)/b2-1+. The van der Waals surface area contributed by atoms with Crippen LogP contribution in [0.1, 0.15) is 0 Å². The summed E-state index contributed by atoms with van der Waals surface area (Å²) in [6, 6.07) is 2.24. The summed E-state index contributed by atoms with van der Waals surface area (Å²) in [5.74, 6) is -1.57. The van der Waals surface area contributed by atoms with Crippen LogP contribution < -0.4 is 5.32 Å². The van der Waals surface area contributed by atoms with E-state index in [1.807, 2.05) is 0 Å². The third-order valence-electron chi connectivity index (χ3n) is 1.66. The van der Waals surface area contributed by atoms with Crippen molar-refractivity contribution in [3.05, 3.63) is 40.1 Å². The monoisotopic (exact) mass is 263 g/mol. The lowest BCUT2D eigenvalue weighted by atomic mass is 10.3. The van der Waals surface area contributed by atoms with Gasteiger partial charge in [0.2, 0.25) is 0 Å². The van der Waals surface area contributed by atoms with E-state index in [0.717, 1.165) is 18.2 Å². The van der Waals surface area contributed by atoms with Crippen molar-refractivity contribution in [3.63, 3.8) is 0 Å². The molecule has 6 heteroatoms. The Bertz CT molecular complexity index is 412. The molecule has 0 aliphatic carbocycles. The summed E-state index contributed by atoms with van der Waals surface area (Å²) in [7, 11) is 0. The Morgan fingerprint density at radius 1 is 1.44 bits per heavy atom. The van der Waals surface area contributed by atoms with Crippen LogP contribution in [0.15, 0.2) is 24.3 Å². The van der Waals surface area contributed by atoms with Gasteiger partial charge in [0.05, 0.1) is 15.7 Å². The molecule has 0 unspecified atom stereocenters. The molecule has 1 aromatic rings. The maximum absolute atomic E-state index is 12.8. The van der Waals surface area contributed by atoms with Crippen LogP contribution >= 0.6 is 23.2 Å². The summed E-state index contributed by atoms with van der Waals surface area (Å²) in [6.45, 7) is 0.234. The van der Waals surface area contributed by atoms with Crippen molar-refractivity contribution in [1.29, 1.82) is 0 Å². The van der Waals surface area contributed by atoms with Gasteiger partial charge in [-0.25, -0.2) is 9.18 Å². The summed E-state index contributed by atoms with van der Waals surface area (Å²) in [5.41, 5.74) is 0.375. The van der Waals surface area contributed by atoms with E-state index in [1.165, 1.54) is 6.08 Å². The maximum Gasteiger partial charge on any atom is 0.328 e. The van der Waals surface area contributed by atoms with E-state index in [2.05, 4.69) is 5.32 Å². The molecular formula is C10H8Cl2FNO2. The fourth-order valence-electron chi connectivity index (χ4n) is 1.03. The molecule has 0 atom stereocenters. The Morgan fingerprint density at radius 3 is 2.50 bits per heavy atom. The molecule has 2 N–H and O–H groups in total. The summed E-state index contributed by atoms with van der Waals surface area (Å²) < 4.78 is 12.8. The predicted octanol–water partition coefficient (Wildman–Crippen LogP) is 3.19. The van der Waals surface area contributed by atoms with E-state index in [4.69, 9.17) is 28.3 Å². The molecule has 0 heterocycles. The molecule has 0 saturated carbocycles. The summed E-state index contributed by atoms with van der Waals surface area (Å²) in [4.78, 5) is 10.2. The zero-order chi connectivity index (χ0) is 12.1. The van der Waals surface area contributed by atoms with Gasteiger partial charge in [0, 0.05) is 12.6 Å². The summed E-state index contributed by atoms with van der Waals surface area (Å²) >= 11 is 11.5. The summed E-state index contributed by atoms with van der Waals surface area (Å²) in [6.07, 6.45) is 2.37. The Hall–Kier alpha value is -1.26. The van der Waals surface area contributed by atoms with Crippen molar-refractivity contribution in [2.24, 2.45) is 0 Å². The number of carboxylic acids is 1. The second kappa shape index (κ2) is 5.72. The fourth-order valence-corrected chi connectivity index (χ4v) is 1.63. The van der Waals surface area contributed by atoms with Crippen LogP contribution in [0, 0.1) is 5.82 Å². The third-order valence-corrected chi connectivity index (χ3v) is 2.26. The van der Waals surface area contributed by atoms with Crippen LogP contribution in [-0.2, 0) is 4.79 Å². The minimum absolute atomic E-state index is 0.147. The Balaban J connectivity index is 2.71. The normalized spacial score (nSPS) is 10.7. The van der Waals surface area contributed by atoms with Gasteiger partial charge in [-0.2, -0.15) is 0 Å². The average Bonchev–Trinajstić information content (AvgIpc) is 2.14. The lowest BCUT2D eigenvalue weighted by Gasteiger charge is -2.08. The molecule has 0 spiro atoms. The molecule has 0 aromatic heterocycles. The Kier molecular flexibility index (Phi) is 4.58. The van der Waals surface area contributed by atoms with Crippen LogP contribution in [-0.4, -0.2) is 17.6 Å². The first-order valence-corrected chi connectivity index (χ1v) is 5.04. The molecule has 0 fully saturated rings. The second-order valence-corrected chi connectivity index (χ2v) is 3.68. The number of hydrogen-bond donors (Lipinski definition) is 2. The number of benzene rings is 1. The van der Waals surface area contributed by atoms with Crippen LogP contribution in [0.25, 0.3) is 0 Å². The van der Waals surface area contributed by atoms with Gasteiger partial charge in [-0.15, -0.1) is 0 Å². The van der Waals surface area contributed by atoms with Gasteiger partial charge in [0.1, 0.15) is 5.82 Å². The molecule has 1 aromatic carbocycles. The van der Waals surface area contributed by atoms with Gasteiger partial charge in [-0.05, 0) is 12.1 Å². The van der Waals surface area contributed by atoms with Gasteiger partial charge in [0.25, 0.3) is 0 Å². The maximum atomic E-state index is 12.8. The number of anilines is 1. The van der Waals surface area contributed by atoms with Gasteiger partial charge in [-0.1, -0.05) is 29.3 Å². The first-order chi connectivity index (χ1) is 7.50. The molecule has 1 rings (SSSR count). The molecule has 0 amide bonds. The van der Waals surface area contributed by atoms with E-state index in [9.17, 15) is 9.18 Å². The SMILES string of the molecule is O=C(O)/C=C/CNc1c(Cl)cc(F)cc1Cl. The van der Waals surface area contributed by atoms with Gasteiger partial charge in [-0.3, -0.25) is 0 Å². The fraction of sp³-hybridized carbons (Fsp3) is 0.100. The average molecular weight is 264 g/mol. The van der Waals surface area contributed by atoms with Gasteiger partial charge in [0.15, 0.2) is 0 Å². The zero-order valence-corrected chi connectivity index (χ0v) is 9.52.